The molecular formula is C12H17N3O3S2. The van der Waals surface area contributed by atoms with E-state index in [9.17, 15) is 13.5 Å². The molecule has 2 rings (SSSR count). The van der Waals surface area contributed by atoms with Crippen molar-refractivity contribution in [1.29, 1.82) is 0 Å². The average Bonchev–Trinajstić information content (AvgIpc) is 2.98. The standard InChI is InChI=1S/C12H17N3O3S2/c1-12(16,5-10-3-4-19-8-10)9-14-20(17,18)11-6-13-15(2)7-11/h3-4,6-8,14,16H,5,9H2,1-2H3. The molecule has 2 aromatic rings. The van der Waals surface area contributed by atoms with Crippen molar-refractivity contribution in [2.75, 3.05) is 6.54 Å². The van der Waals surface area contributed by atoms with Gasteiger partial charge in [-0.1, -0.05) is 0 Å². The molecule has 110 valence electrons. The number of hydrogen-bond donors (Lipinski definition) is 2. The zero-order valence-corrected chi connectivity index (χ0v) is 12.9. The lowest BCUT2D eigenvalue weighted by atomic mass is 9.99. The van der Waals surface area contributed by atoms with E-state index in [-0.39, 0.29) is 11.4 Å². The monoisotopic (exact) mass is 315 g/mol. The highest BCUT2D eigenvalue weighted by Crippen LogP contribution is 2.16. The Balaban J connectivity index is 2.00. The molecule has 0 aliphatic rings. The summed E-state index contributed by atoms with van der Waals surface area (Å²) in [7, 11) is -2.00. The third-order valence-corrected chi connectivity index (χ3v) is 4.89. The SMILES string of the molecule is Cn1cc(S(=O)(=O)NCC(C)(O)Cc2ccsc2)cn1. The van der Waals surface area contributed by atoms with Crippen molar-refractivity contribution in [1.82, 2.24) is 14.5 Å². The molecule has 0 aliphatic carbocycles. The van der Waals surface area contributed by atoms with Gasteiger partial charge in [0.05, 0.1) is 11.8 Å². The van der Waals surface area contributed by atoms with E-state index < -0.39 is 15.6 Å². The summed E-state index contributed by atoms with van der Waals surface area (Å²) in [4.78, 5) is 0.0892. The van der Waals surface area contributed by atoms with Crippen LogP contribution in [0.4, 0.5) is 0 Å². The molecule has 2 N–H and O–H groups in total. The third-order valence-electron chi connectivity index (χ3n) is 2.80. The molecule has 0 saturated heterocycles. The summed E-state index contributed by atoms with van der Waals surface area (Å²) in [5.74, 6) is 0. The number of nitrogens with zero attached hydrogens (tertiary/aromatic N) is 2. The molecule has 2 heterocycles. The molecule has 0 fully saturated rings. The number of aliphatic hydroxyl groups is 1. The summed E-state index contributed by atoms with van der Waals surface area (Å²) in [5.41, 5.74) is -0.156. The zero-order valence-electron chi connectivity index (χ0n) is 11.3. The first-order valence-electron chi connectivity index (χ1n) is 6.00. The van der Waals surface area contributed by atoms with E-state index in [1.807, 2.05) is 16.8 Å². The number of sulfonamides is 1. The van der Waals surface area contributed by atoms with Crippen LogP contribution in [-0.4, -0.2) is 35.5 Å². The van der Waals surface area contributed by atoms with Crippen LogP contribution < -0.4 is 4.72 Å². The second-order valence-electron chi connectivity index (χ2n) is 4.98. The van der Waals surface area contributed by atoms with Gasteiger partial charge in [0.1, 0.15) is 4.90 Å². The lowest BCUT2D eigenvalue weighted by molar-refractivity contribution is 0.0658. The minimum Gasteiger partial charge on any atom is -0.388 e. The molecule has 0 aromatic carbocycles. The van der Waals surface area contributed by atoms with E-state index in [1.54, 1.807) is 25.3 Å². The zero-order chi connectivity index (χ0) is 14.8. The summed E-state index contributed by atoms with van der Waals surface area (Å²) in [6.45, 7) is 1.55. The van der Waals surface area contributed by atoms with Gasteiger partial charge in [-0.3, -0.25) is 4.68 Å². The third kappa shape index (κ3) is 3.89. The summed E-state index contributed by atoms with van der Waals surface area (Å²) < 4.78 is 27.9. The van der Waals surface area contributed by atoms with Gasteiger partial charge >= 0.3 is 0 Å². The Labute approximate surface area is 122 Å². The summed E-state index contributed by atoms with van der Waals surface area (Å²) in [6, 6.07) is 1.91. The van der Waals surface area contributed by atoms with E-state index in [2.05, 4.69) is 9.82 Å². The van der Waals surface area contributed by atoms with Crippen LogP contribution >= 0.6 is 11.3 Å². The maximum atomic E-state index is 12.0. The van der Waals surface area contributed by atoms with Crippen molar-refractivity contribution in [2.45, 2.75) is 23.8 Å². The summed E-state index contributed by atoms with van der Waals surface area (Å²) >= 11 is 1.54. The van der Waals surface area contributed by atoms with Crippen molar-refractivity contribution in [3.8, 4) is 0 Å². The molecule has 20 heavy (non-hydrogen) atoms. The summed E-state index contributed by atoms with van der Waals surface area (Å²) in [5, 5.41) is 17.9. The smallest absolute Gasteiger partial charge is 0.243 e. The normalized spacial score (nSPS) is 15.2. The molecule has 0 radical (unpaired) electrons. The second-order valence-corrected chi connectivity index (χ2v) is 7.53. The molecule has 2 aromatic heterocycles. The van der Waals surface area contributed by atoms with Crippen molar-refractivity contribution in [2.24, 2.45) is 7.05 Å². The molecule has 8 heteroatoms. The van der Waals surface area contributed by atoms with Crippen molar-refractivity contribution in [3.05, 3.63) is 34.8 Å². The fourth-order valence-electron chi connectivity index (χ4n) is 1.77. The topological polar surface area (TPSA) is 84.2 Å². The van der Waals surface area contributed by atoms with Crippen LogP contribution in [0.25, 0.3) is 0 Å². The summed E-state index contributed by atoms with van der Waals surface area (Å²) in [6.07, 6.45) is 3.08. The number of aryl methyl sites for hydroxylation is 1. The first-order valence-corrected chi connectivity index (χ1v) is 8.43. The van der Waals surface area contributed by atoms with Gasteiger partial charge in [-0.15, -0.1) is 0 Å². The second kappa shape index (κ2) is 5.65. The van der Waals surface area contributed by atoms with Crippen molar-refractivity contribution < 1.29 is 13.5 Å². The number of hydrogen-bond acceptors (Lipinski definition) is 5. The van der Waals surface area contributed by atoms with Gasteiger partial charge in [-0.25, -0.2) is 13.1 Å². The number of nitrogens with one attached hydrogen (secondary N) is 1. The maximum Gasteiger partial charge on any atom is 0.243 e. The Morgan fingerprint density at radius 2 is 2.30 bits per heavy atom. The molecule has 0 amide bonds. The predicted octanol–water partition coefficient (Wildman–Crippen LogP) is 0.754. The van der Waals surface area contributed by atoms with Crippen LogP contribution in [0.1, 0.15) is 12.5 Å². The molecule has 0 bridgehead atoms. The Hall–Kier alpha value is -1.22. The molecule has 0 aliphatic heterocycles. The molecule has 1 atom stereocenters. The largest absolute Gasteiger partial charge is 0.388 e. The minimum absolute atomic E-state index is 0.0555. The van der Waals surface area contributed by atoms with Crippen LogP contribution in [-0.2, 0) is 23.5 Å². The van der Waals surface area contributed by atoms with Crippen LogP contribution in [0.5, 0.6) is 0 Å². The van der Waals surface area contributed by atoms with Gasteiger partial charge in [-0.05, 0) is 29.3 Å². The van der Waals surface area contributed by atoms with Gasteiger partial charge in [-0.2, -0.15) is 16.4 Å². The van der Waals surface area contributed by atoms with Gasteiger partial charge < -0.3 is 5.11 Å². The highest BCUT2D eigenvalue weighted by molar-refractivity contribution is 7.89. The number of aromatic nitrogens is 2. The van der Waals surface area contributed by atoms with Crippen LogP contribution in [0.3, 0.4) is 0 Å². The van der Waals surface area contributed by atoms with Gasteiger partial charge in [0.15, 0.2) is 0 Å². The Kier molecular flexibility index (Phi) is 4.28. The minimum atomic E-state index is -3.64. The average molecular weight is 315 g/mol. The highest BCUT2D eigenvalue weighted by atomic mass is 32.2. The fraction of sp³-hybridized carbons (Fsp3) is 0.417. The maximum absolute atomic E-state index is 12.0. The van der Waals surface area contributed by atoms with E-state index in [0.717, 1.165) is 5.56 Å². The van der Waals surface area contributed by atoms with Crippen LogP contribution in [0.2, 0.25) is 0 Å². The van der Waals surface area contributed by atoms with E-state index >= 15 is 0 Å². The number of rotatable bonds is 6. The Morgan fingerprint density at radius 1 is 1.55 bits per heavy atom. The lowest BCUT2D eigenvalue weighted by Gasteiger charge is -2.23. The van der Waals surface area contributed by atoms with Gasteiger partial charge in [0, 0.05) is 26.2 Å². The highest BCUT2D eigenvalue weighted by Gasteiger charge is 2.25. The Bertz CT molecular complexity index is 660. The van der Waals surface area contributed by atoms with E-state index in [4.69, 9.17) is 0 Å². The van der Waals surface area contributed by atoms with Gasteiger partial charge in [0.2, 0.25) is 10.0 Å². The fourth-order valence-corrected chi connectivity index (χ4v) is 3.58. The molecule has 0 saturated carbocycles. The van der Waals surface area contributed by atoms with Gasteiger partial charge in [0.25, 0.3) is 0 Å². The predicted molar refractivity (Wildman–Crippen MR) is 77.0 cm³/mol. The molecule has 1 unspecified atom stereocenters. The van der Waals surface area contributed by atoms with Crippen molar-refractivity contribution >= 4 is 21.4 Å². The molecule has 0 spiro atoms. The molecular weight excluding hydrogens is 298 g/mol. The lowest BCUT2D eigenvalue weighted by Crippen LogP contribution is -2.42. The molecule has 6 nitrogen and oxygen atoms in total. The Morgan fingerprint density at radius 3 is 2.85 bits per heavy atom. The van der Waals surface area contributed by atoms with E-state index in [0.29, 0.717) is 6.42 Å². The van der Waals surface area contributed by atoms with Crippen LogP contribution in [0, 0.1) is 0 Å². The van der Waals surface area contributed by atoms with E-state index in [1.165, 1.54) is 17.1 Å². The first-order chi connectivity index (χ1) is 9.28. The number of thiophene rings is 1. The quantitative estimate of drug-likeness (QED) is 0.824. The first kappa shape index (κ1) is 15.2. The van der Waals surface area contributed by atoms with Crippen molar-refractivity contribution in [3.63, 3.8) is 0 Å². The van der Waals surface area contributed by atoms with Crippen LogP contribution in [0.15, 0.2) is 34.1 Å².